The van der Waals surface area contributed by atoms with Gasteiger partial charge in [0.15, 0.2) is 5.78 Å². The van der Waals surface area contributed by atoms with E-state index in [1.165, 1.54) is 24.8 Å². The number of carbonyl (C=O) groups is 3. The fourth-order valence-corrected chi connectivity index (χ4v) is 3.97. The molecule has 1 atom stereocenters. The molecule has 0 bridgehead atoms. The van der Waals surface area contributed by atoms with Gasteiger partial charge in [0.25, 0.3) is 0 Å². The number of nitrogens with one attached hydrogen (secondary N) is 1. The van der Waals surface area contributed by atoms with Gasteiger partial charge in [0.05, 0.1) is 5.75 Å². The summed E-state index contributed by atoms with van der Waals surface area (Å²) in [4.78, 5) is 39.9. The predicted octanol–water partition coefficient (Wildman–Crippen LogP) is 1.19. The third kappa shape index (κ3) is 10.8. The van der Waals surface area contributed by atoms with Gasteiger partial charge in [-0.25, -0.2) is 4.98 Å². The van der Waals surface area contributed by atoms with Crippen LogP contribution in [0.3, 0.4) is 0 Å². The summed E-state index contributed by atoms with van der Waals surface area (Å²) in [7, 11) is -1.61. The molecule has 2 heterocycles. The van der Waals surface area contributed by atoms with E-state index < -0.39 is 22.5 Å². The van der Waals surface area contributed by atoms with Crippen molar-refractivity contribution in [2.45, 2.75) is 25.8 Å². The van der Waals surface area contributed by atoms with Gasteiger partial charge in [0.2, 0.25) is 11.8 Å². The Balaban J connectivity index is 1.62. The topological polar surface area (TPSA) is 106 Å². The van der Waals surface area contributed by atoms with Crippen LogP contribution in [0, 0.1) is 0 Å². The Labute approximate surface area is 185 Å². The third-order valence-electron chi connectivity index (χ3n) is 4.52. The molecule has 0 spiro atoms. The molecule has 0 radical (unpaired) electrons. The zero-order chi connectivity index (χ0) is 22.3. The number of ether oxygens (including phenoxy) is 1. The second-order valence-electron chi connectivity index (χ2n) is 7.12. The standard InChI is InChI=1S/C22H29N3O5S/c26-13-6-7-20(27)17-31(29)18-21(28)23-9-2-5-14-30-22-15-19(8-10-24-22)16-25-11-3-1-4-12-25/h2,5-8,10,13,15H,1,3-4,9,11-12,14,16-18H2,(H,23,28)/b5-2+,7-6+. The second kappa shape index (κ2) is 14.4. The average molecular weight is 448 g/mol. The molecule has 31 heavy (non-hydrogen) atoms. The molecule has 1 aliphatic rings. The summed E-state index contributed by atoms with van der Waals surface area (Å²) < 4.78 is 17.4. The summed E-state index contributed by atoms with van der Waals surface area (Å²) >= 11 is 0. The highest BCUT2D eigenvalue weighted by atomic mass is 32.2. The summed E-state index contributed by atoms with van der Waals surface area (Å²) in [5, 5.41) is 2.60. The maximum atomic E-state index is 11.7. The van der Waals surface area contributed by atoms with E-state index >= 15 is 0 Å². The molecule has 0 saturated carbocycles. The van der Waals surface area contributed by atoms with Crippen molar-refractivity contribution in [2.75, 3.05) is 37.7 Å². The van der Waals surface area contributed by atoms with Crippen LogP contribution in [0.2, 0.25) is 0 Å². The van der Waals surface area contributed by atoms with Gasteiger partial charge in [-0.05, 0) is 55.8 Å². The first-order valence-corrected chi connectivity index (χ1v) is 11.8. The number of piperidine rings is 1. The number of hydrogen-bond donors (Lipinski definition) is 1. The van der Waals surface area contributed by atoms with Gasteiger partial charge in [-0.1, -0.05) is 12.5 Å². The molecular formula is C22H29N3O5S. The first-order valence-electron chi connectivity index (χ1n) is 10.3. The van der Waals surface area contributed by atoms with Gasteiger partial charge in [0, 0.05) is 36.2 Å². The van der Waals surface area contributed by atoms with Crippen molar-refractivity contribution >= 4 is 28.8 Å². The maximum absolute atomic E-state index is 11.7. The van der Waals surface area contributed by atoms with Gasteiger partial charge >= 0.3 is 0 Å². The van der Waals surface area contributed by atoms with Crippen molar-refractivity contribution in [3.63, 3.8) is 0 Å². The fourth-order valence-electron chi connectivity index (χ4n) is 3.06. The largest absolute Gasteiger partial charge is 0.473 e. The van der Waals surface area contributed by atoms with Crippen molar-refractivity contribution in [2.24, 2.45) is 0 Å². The number of pyridine rings is 1. The molecule has 1 fully saturated rings. The molecule has 1 aromatic rings. The first-order chi connectivity index (χ1) is 15.1. The molecule has 1 unspecified atom stereocenters. The lowest BCUT2D eigenvalue weighted by atomic mass is 10.1. The Kier molecular flexibility index (Phi) is 11.4. The van der Waals surface area contributed by atoms with Crippen LogP contribution in [0.5, 0.6) is 5.88 Å². The van der Waals surface area contributed by atoms with Crippen molar-refractivity contribution in [1.29, 1.82) is 0 Å². The van der Waals surface area contributed by atoms with Gasteiger partial charge in [-0.3, -0.25) is 23.5 Å². The molecule has 9 heteroatoms. The number of allylic oxidation sites excluding steroid dienone is 2. The average Bonchev–Trinajstić information content (AvgIpc) is 2.75. The number of amides is 1. The number of aromatic nitrogens is 1. The number of rotatable bonds is 13. The molecule has 1 aromatic heterocycles. The normalized spacial score (nSPS) is 15.7. The van der Waals surface area contributed by atoms with Crippen molar-refractivity contribution < 1.29 is 23.3 Å². The fraction of sp³-hybridized carbons (Fsp3) is 0.455. The number of aldehydes is 1. The van der Waals surface area contributed by atoms with Crippen LogP contribution in [0.15, 0.2) is 42.6 Å². The number of likely N-dealkylation sites (tertiary alicyclic amines) is 1. The van der Waals surface area contributed by atoms with E-state index in [4.69, 9.17) is 4.74 Å². The number of nitrogens with zero attached hydrogens (tertiary/aromatic N) is 2. The zero-order valence-electron chi connectivity index (χ0n) is 17.5. The van der Waals surface area contributed by atoms with E-state index in [-0.39, 0.29) is 18.1 Å². The highest BCUT2D eigenvalue weighted by Crippen LogP contribution is 2.15. The number of ketones is 1. The van der Waals surface area contributed by atoms with Crippen LogP contribution >= 0.6 is 0 Å². The SMILES string of the molecule is O=C/C=C/C(=O)CS(=O)CC(=O)NC/C=C/COc1cc(CN2CCCCC2)ccn1. The summed E-state index contributed by atoms with van der Waals surface area (Å²) in [5.41, 5.74) is 1.18. The monoisotopic (exact) mass is 447 g/mol. The van der Waals surface area contributed by atoms with Gasteiger partial charge in [0.1, 0.15) is 18.6 Å². The lowest BCUT2D eigenvalue weighted by Crippen LogP contribution is -2.30. The van der Waals surface area contributed by atoms with Crippen LogP contribution in [-0.2, 0) is 31.7 Å². The Bertz CT molecular complexity index is 819. The second-order valence-corrected chi connectivity index (χ2v) is 8.57. The van der Waals surface area contributed by atoms with Crippen LogP contribution in [0.1, 0.15) is 24.8 Å². The minimum atomic E-state index is -1.61. The Morgan fingerprint density at radius 3 is 2.77 bits per heavy atom. The summed E-state index contributed by atoms with van der Waals surface area (Å²) in [5.74, 6) is -0.858. The van der Waals surface area contributed by atoms with Crippen LogP contribution in [0.4, 0.5) is 0 Å². The van der Waals surface area contributed by atoms with Crippen molar-refractivity contribution in [3.8, 4) is 5.88 Å². The highest BCUT2D eigenvalue weighted by Gasteiger charge is 2.11. The Morgan fingerprint density at radius 1 is 1.19 bits per heavy atom. The van der Waals surface area contributed by atoms with E-state index in [2.05, 4.69) is 15.2 Å². The maximum Gasteiger partial charge on any atom is 0.232 e. The molecule has 1 aliphatic heterocycles. The van der Waals surface area contributed by atoms with E-state index in [1.807, 2.05) is 12.1 Å². The molecule has 1 saturated heterocycles. The summed E-state index contributed by atoms with van der Waals surface area (Å²) in [6.45, 7) is 3.75. The van der Waals surface area contributed by atoms with Crippen LogP contribution in [-0.4, -0.2) is 69.8 Å². The van der Waals surface area contributed by atoms with Gasteiger partial charge in [-0.2, -0.15) is 0 Å². The Hall–Kier alpha value is -2.65. The highest BCUT2D eigenvalue weighted by molar-refractivity contribution is 7.86. The van der Waals surface area contributed by atoms with E-state index in [1.54, 1.807) is 18.3 Å². The first kappa shape index (κ1) is 24.6. The lowest BCUT2D eigenvalue weighted by Gasteiger charge is -2.26. The number of hydrogen-bond acceptors (Lipinski definition) is 7. The molecular weight excluding hydrogens is 418 g/mol. The minimum Gasteiger partial charge on any atom is -0.473 e. The van der Waals surface area contributed by atoms with E-state index in [9.17, 15) is 18.6 Å². The quantitative estimate of drug-likeness (QED) is 0.275. The smallest absolute Gasteiger partial charge is 0.232 e. The Morgan fingerprint density at radius 2 is 2.00 bits per heavy atom. The van der Waals surface area contributed by atoms with Gasteiger partial charge in [-0.15, -0.1) is 0 Å². The van der Waals surface area contributed by atoms with E-state index in [0.717, 1.165) is 31.8 Å². The number of carbonyl (C=O) groups excluding carboxylic acids is 3. The molecule has 168 valence electrons. The summed E-state index contributed by atoms with van der Waals surface area (Å²) in [6.07, 6.45) is 11.6. The van der Waals surface area contributed by atoms with Gasteiger partial charge < -0.3 is 10.1 Å². The molecule has 0 aromatic carbocycles. The van der Waals surface area contributed by atoms with Crippen LogP contribution in [0.25, 0.3) is 0 Å². The molecule has 1 amide bonds. The van der Waals surface area contributed by atoms with Crippen LogP contribution < -0.4 is 10.1 Å². The molecule has 1 N–H and O–H groups in total. The van der Waals surface area contributed by atoms with E-state index in [0.29, 0.717) is 18.8 Å². The lowest BCUT2D eigenvalue weighted by molar-refractivity contribution is -0.118. The summed E-state index contributed by atoms with van der Waals surface area (Å²) in [6, 6.07) is 3.95. The predicted molar refractivity (Wildman–Crippen MR) is 119 cm³/mol. The van der Waals surface area contributed by atoms with Crippen molar-refractivity contribution in [3.05, 3.63) is 48.2 Å². The molecule has 2 rings (SSSR count). The minimum absolute atomic E-state index is 0.265. The third-order valence-corrected chi connectivity index (χ3v) is 5.71. The zero-order valence-corrected chi connectivity index (χ0v) is 18.4. The molecule has 0 aliphatic carbocycles. The van der Waals surface area contributed by atoms with Crippen molar-refractivity contribution in [1.82, 2.24) is 15.2 Å². The molecule has 8 nitrogen and oxygen atoms in total.